The number of hydrogen-bond acceptors (Lipinski definition) is 6. The molecule has 1 amide bonds. The average Bonchev–Trinajstić information content (AvgIpc) is 3.06. The second-order valence-electron chi connectivity index (χ2n) is 15.0. The van der Waals surface area contributed by atoms with Gasteiger partial charge in [0.1, 0.15) is 13.2 Å². The van der Waals surface area contributed by atoms with Crippen molar-refractivity contribution >= 4 is 13.7 Å². The molecule has 3 unspecified atom stereocenters. The van der Waals surface area contributed by atoms with Crippen molar-refractivity contribution in [3.05, 3.63) is 36.5 Å². The molecule has 0 aromatic carbocycles. The molecule has 0 bridgehead atoms. The zero-order valence-corrected chi connectivity index (χ0v) is 34.0. The Morgan fingerprint density at radius 1 is 0.700 bits per heavy atom. The van der Waals surface area contributed by atoms with Crippen molar-refractivity contribution in [3.8, 4) is 0 Å². The Hall–Kier alpha value is -1.28. The number of unbranched alkanes of at least 4 members (excludes halogenated alkanes) is 20. The second-order valence-corrected chi connectivity index (χ2v) is 16.4. The molecule has 0 saturated carbocycles. The minimum Gasteiger partial charge on any atom is -0.756 e. The fourth-order valence-electron chi connectivity index (χ4n) is 5.55. The van der Waals surface area contributed by atoms with E-state index in [9.17, 15) is 19.4 Å². The maximum atomic E-state index is 12.8. The standard InChI is InChI=1S/C41H79N2O6P/c1-6-8-10-12-14-16-17-18-19-20-21-22-23-24-25-27-29-31-33-35-41(45)42-39(38-49-50(46,47)48-37-36-43(3,4)5)40(44)34-32-30-28-26-15-13-11-9-7-2/h14,16-18,32,34,39-40,44H,6-13,15,19-31,33,35-38H2,1-5H3,(H-,42,45,46,47)/b16-14-,18-17-,34-32+. The number of aliphatic hydroxyl groups excluding tert-OH is 1. The van der Waals surface area contributed by atoms with Crippen LogP contribution in [0.3, 0.4) is 0 Å². The van der Waals surface area contributed by atoms with Crippen molar-refractivity contribution < 1.29 is 32.9 Å². The number of allylic oxidation sites excluding steroid dienone is 5. The number of rotatable bonds is 36. The third-order valence-electron chi connectivity index (χ3n) is 8.87. The number of phosphoric ester groups is 1. The van der Waals surface area contributed by atoms with Crippen LogP contribution in [0.15, 0.2) is 36.5 Å². The number of aliphatic hydroxyl groups is 1. The first-order valence-corrected chi connectivity index (χ1v) is 21.8. The van der Waals surface area contributed by atoms with Crippen LogP contribution in [-0.2, 0) is 18.4 Å². The average molecular weight is 727 g/mol. The Kier molecular flexibility index (Phi) is 32.7. The number of carbonyl (C=O) groups excluding carboxylic acids is 1. The first-order chi connectivity index (χ1) is 24.0. The molecule has 0 aromatic rings. The molecule has 9 heteroatoms. The van der Waals surface area contributed by atoms with Crippen LogP contribution in [0.1, 0.15) is 168 Å². The first kappa shape index (κ1) is 48.7. The minimum absolute atomic E-state index is 0.00239. The zero-order chi connectivity index (χ0) is 37.2. The molecule has 2 N–H and O–H groups in total. The Labute approximate surface area is 308 Å². The molecule has 0 fully saturated rings. The number of hydrogen-bond donors (Lipinski definition) is 2. The topological polar surface area (TPSA) is 108 Å². The molecule has 0 spiro atoms. The molecule has 50 heavy (non-hydrogen) atoms. The maximum absolute atomic E-state index is 12.8. The lowest BCUT2D eigenvalue weighted by Crippen LogP contribution is -2.45. The number of quaternary nitrogens is 1. The van der Waals surface area contributed by atoms with Gasteiger partial charge in [0.2, 0.25) is 5.91 Å². The zero-order valence-electron chi connectivity index (χ0n) is 33.1. The summed E-state index contributed by atoms with van der Waals surface area (Å²) in [5.74, 6) is -0.206. The van der Waals surface area contributed by atoms with E-state index in [2.05, 4.69) is 43.5 Å². The highest BCUT2D eigenvalue weighted by atomic mass is 31.2. The second kappa shape index (κ2) is 33.5. The highest BCUT2D eigenvalue weighted by Gasteiger charge is 2.23. The molecule has 0 aromatic heterocycles. The van der Waals surface area contributed by atoms with Gasteiger partial charge in [-0.25, -0.2) is 0 Å². The highest BCUT2D eigenvalue weighted by Crippen LogP contribution is 2.38. The van der Waals surface area contributed by atoms with Gasteiger partial charge in [-0.1, -0.05) is 153 Å². The summed E-state index contributed by atoms with van der Waals surface area (Å²) >= 11 is 0. The third kappa shape index (κ3) is 35.1. The summed E-state index contributed by atoms with van der Waals surface area (Å²) < 4.78 is 23.1. The van der Waals surface area contributed by atoms with Gasteiger partial charge in [0.15, 0.2) is 0 Å². The van der Waals surface area contributed by atoms with Crippen LogP contribution in [0.5, 0.6) is 0 Å². The summed E-state index contributed by atoms with van der Waals surface area (Å²) in [5, 5.41) is 13.7. The summed E-state index contributed by atoms with van der Waals surface area (Å²) in [6.45, 7) is 4.57. The number of nitrogens with one attached hydrogen (secondary N) is 1. The lowest BCUT2D eigenvalue weighted by molar-refractivity contribution is -0.870. The number of amides is 1. The van der Waals surface area contributed by atoms with E-state index in [0.29, 0.717) is 17.4 Å². The third-order valence-corrected chi connectivity index (χ3v) is 9.84. The predicted octanol–water partition coefficient (Wildman–Crippen LogP) is 10.1. The van der Waals surface area contributed by atoms with Crippen molar-refractivity contribution in [1.29, 1.82) is 0 Å². The summed E-state index contributed by atoms with van der Waals surface area (Å²) in [6, 6.07) is -0.884. The van der Waals surface area contributed by atoms with Gasteiger partial charge in [0.05, 0.1) is 39.9 Å². The van der Waals surface area contributed by atoms with E-state index in [-0.39, 0.29) is 19.1 Å². The van der Waals surface area contributed by atoms with Crippen LogP contribution in [-0.4, -0.2) is 68.5 Å². The van der Waals surface area contributed by atoms with E-state index in [0.717, 1.165) is 38.5 Å². The molecule has 0 heterocycles. The van der Waals surface area contributed by atoms with E-state index >= 15 is 0 Å². The van der Waals surface area contributed by atoms with E-state index < -0.39 is 20.0 Å². The Morgan fingerprint density at radius 2 is 1.14 bits per heavy atom. The molecule has 0 radical (unpaired) electrons. The van der Waals surface area contributed by atoms with E-state index in [1.54, 1.807) is 6.08 Å². The smallest absolute Gasteiger partial charge is 0.268 e. The van der Waals surface area contributed by atoms with Gasteiger partial charge in [-0.05, 0) is 44.9 Å². The molecule has 0 aliphatic carbocycles. The Morgan fingerprint density at radius 3 is 1.66 bits per heavy atom. The molecule has 0 aliphatic heterocycles. The Balaban J connectivity index is 4.36. The van der Waals surface area contributed by atoms with Crippen molar-refractivity contribution in [2.75, 3.05) is 40.9 Å². The maximum Gasteiger partial charge on any atom is 0.268 e. The van der Waals surface area contributed by atoms with Crippen LogP contribution in [0.4, 0.5) is 0 Å². The summed E-state index contributed by atoms with van der Waals surface area (Å²) in [5.41, 5.74) is 0. The quantitative estimate of drug-likeness (QED) is 0.0219. The normalized spacial score (nSPS) is 14.9. The number of likely N-dealkylation sites (N-methyl/N-ethyl adjacent to an activating group) is 1. The largest absolute Gasteiger partial charge is 0.756 e. The fraction of sp³-hybridized carbons (Fsp3) is 0.829. The van der Waals surface area contributed by atoms with Crippen molar-refractivity contribution in [2.45, 2.75) is 180 Å². The first-order valence-electron chi connectivity index (χ1n) is 20.4. The van der Waals surface area contributed by atoms with Gasteiger partial charge in [0.25, 0.3) is 7.82 Å². The molecule has 8 nitrogen and oxygen atoms in total. The van der Waals surface area contributed by atoms with Gasteiger partial charge in [-0.2, -0.15) is 0 Å². The van der Waals surface area contributed by atoms with Crippen molar-refractivity contribution in [3.63, 3.8) is 0 Å². The van der Waals surface area contributed by atoms with Gasteiger partial charge in [0, 0.05) is 6.42 Å². The molecule has 294 valence electrons. The predicted molar refractivity (Wildman–Crippen MR) is 210 cm³/mol. The summed E-state index contributed by atoms with van der Waals surface area (Å²) in [7, 11) is 1.25. The number of carbonyl (C=O) groups is 1. The van der Waals surface area contributed by atoms with Crippen molar-refractivity contribution in [1.82, 2.24) is 5.32 Å². The van der Waals surface area contributed by atoms with Gasteiger partial charge in [-0.15, -0.1) is 0 Å². The van der Waals surface area contributed by atoms with Gasteiger partial charge < -0.3 is 28.8 Å². The van der Waals surface area contributed by atoms with Gasteiger partial charge >= 0.3 is 0 Å². The van der Waals surface area contributed by atoms with Crippen molar-refractivity contribution in [2.24, 2.45) is 0 Å². The molecular formula is C41H79N2O6P. The molecule has 0 aliphatic rings. The summed E-state index contributed by atoms with van der Waals surface area (Å²) in [4.78, 5) is 25.2. The van der Waals surface area contributed by atoms with E-state index in [4.69, 9.17) is 9.05 Å². The highest BCUT2D eigenvalue weighted by molar-refractivity contribution is 7.45. The van der Waals surface area contributed by atoms with Crippen LogP contribution in [0.25, 0.3) is 0 Å². The molecule has 3 atom stereocenters. The SMILES string of the molecule is CCCCC/C=C\C=C/CCCCCCCCCCCCC(=O)NC(COP(=O)([O-])OCC[N+](C)(C)C)C(O)/C=C/CCCCCCCCC. The lowest BCUT2D eigenvalue weighted by Gasteiger charge is -2.29. The molecule has 0 saturated heterocycles. The molecular weight excluding hydrogens is 647 g/mol. The fourth-order valence-corrected chi connectivity index (χ4v) is 6.28. The lowest BCUT2D eigenvalue weighted by atomic mass is 10.0. The minimum atomic E-state index is -4.58. The number of phosphoric acid groups is 1. The van der Waals surface area contributed by atoms with E-state index in [1.165, 1.54) is 109 Å². The monoisotopic (exact) mass is 727 g/mol. The van der Waals surface area contributed by atoms with E-state index in [1.807, 2.05) is 27.2 Å². The Bertz CT molecular complexity index is 917. The van der Waals surface area contributed by atoms with Crippen LogP contribution in [0, 0.1) is 0 Å². The van der Waals surface area contributed by atoms with Gasteiger partial charge in [-0.3, -0.25) is 9.36 Å². The summed E-state index contributed by atoms with van der Waals surface area (Å²) in [6.07, 6.45) is 39.0. The number of nitrogens with zero attached hydrogens (tertiary/aromatic N) is 1. The van der Waals surface area contributed by atoms with Crippen LogP contribution >= 0.6 is 7.82 Å². The van der Waals surface area contributed by atoms with Crippen LogP contribution < -0.4 is 10.2 Å². The van der Waals surface area contributed by atoms with Crippen LogP contribution in [0.2, 0.25) is 0 Å². The molecule has 0 rings (SSSR count).